The number of fused-ring (bicyclic) bond motifs is 1. The van der Waals surface area contributed by atoms with Crippen LogP contribution in [0.4, 0.5) is 0 Å². The number of esters is 1. The number of halogens is 2. The first kappa shape index (κ1) is 26.9. The molecule has 0 bridgehead atoms. The average Bonchev–Trinajstić information content (AvgIpc) is 2.95. The first-order chi connectivity index (χ1) is 18.5. The second-order valence-corrected chi connectivity index (χ2v) is 9.63. The summed E-state index contributed by atoms with van der Waals surface area (Å²) in [5, 5.41) is 11.7. The largest absolute Gasteiger partial charge is 0.494 e. The lowest BCUT2D eigenvalue weighted by Crippen LogP contribution is -2.63. The summed E-state index contributed by atoms with van der Waals surface area (Å²) in [6, 6.07) is 21.7. The number of aliphatic hydroxyl groups excluding tert-OH is 1. The number of rotatable bonds is 7. The molecule has 3 aromatic rings. The van der Waals surface area contributed by atoms with E-state index in [4.69, 9.17) is 51.6 Å². The lowest BCUT2D eigenvalue weighted by molar-refractivity contribution is -0.362. The first-order valence-electron chi connectivity index (χ1n) is 12.0. The second-order valence-electron chi connectivity index (χ2n) is 8.81. The molecule has 5 rings (SSSR count). The van der Waals surface area contributed by atoms with Crippen LogP contribution in [0.25, 0.3) is 0 Å². The summed E-state index contributed by atoms with van der Waals surface area (Å²) in [6.07, 6.45) is -5.94. The van der Waals surface area contributed by atoms with E-state index < -0.39 is 43.0 Å². The van der Waals surface area contributed by atoms with Gasteiger partial charge in [-0.25, -0.2) is 4.79 Å². The molecule has 38 heavy (non-hydrogen) atoms. The second kappa shape index (κ2) is 12.0. The number of carbonyl (C=O) groups is 1. The van der Waals surface area contributed by atoms with E-state index in [0.29, 0.717) is 0 Å². The molecule has 0 radical (unpaired) electrons. The predicted molar refractivity (Wildman–Crippen MR) is 138 cm³/mol. The third-order valence-electron chi connectivity index (χ3n) is 6.35. The van der Waals surface area contributed by atoms with Crippen LogP contribution in [0.15, 0.2) is 72.8 Å². The lowest BCUT2D eigenvalue weighted by Gasteiger charge is -2.47. The zero-order valence-corrected chi connectivity index (χ0v) is 21.9. The minimum absolute atomic E-state index is 0.0569. The number of aliphatic hydroxyl groups is 1. The molecule has 1 N–H and O–H groups in total. The third kappa shape index (κ3) is 5.67. The maximum Gasteiger partial charge on any atom is 0.344 e. The molecule has 200 valence electrons. The molecule has 10 heteroatoms. The van der Waals surface area contributed by atoms with Crippen molar-refractivity contribution in [2.24, 2.45) is 0 Å². The van der Waals surface area contributed by atoms with Crippen LogP contribution in [-0.4, -0.2) is 55.5 Å². The molecule has 0 saturated carbocycles. The van der Waals surface area contributed by atoms with Gasteiger partial charge in [-0.1, -0.05) is 83.9 Å². The van der Waals surface area contributed by atoms with Gasteiger partial charge in [0, 0.05) is 5.56 Å². The van der Waals surface area contributed by atoms with Gasteiger partial charge in [-0.15, -0.1) is 0 Å². The van der Waals surface area contributed by atoms with Crippen molar-refractivity contribution in [1.82, 2.24) is 0 Å². The maximum atomic E-state index is 13.3. The molecule has 2 fully saturated rings. The fourth-order valence-corrected chi connectivity index (χ4v) is 4.92. The Hall–Kier alpha value is -2.69. The van der Waals surface area contributed by atoms with Gasteiger partial charge in [-0.3, -0.25) is 0 Å². The van der Waals surface area contributed by atoms with E-state index in [1.807, 2.05) is 60.7 Å². The highest BCUT2D eigenvalue weighted by Gasteiger charge is 2.52. The highest BCUT2D eigenvalue weighted by Crippen LogP contribution is 2.38. The maximum absolute atomic E-state index is 13.3. The van der Waals surface area contributed by atoms with Crippen LogP contribution in [0.5, 0.6) is 5.75 Å². The Bertz CT molecular complexity index is 1240. The minimum atomic E-state index is -1.31. The van der Waals surface area contributed by atoms with Crippen LogP contribution >= 0.6 is 23.2 Å². The van der Waals surface area contributed by atoms with Crippen LogP contribution in [-0.2, 0) is 30.3 Å². The molecule has 2 heterocycles. The molecule has 2 saturated heterocycles. The van der Waals surface area contributed by atoms with E-state index in [1.54, 1.807) is 0 Å². The Morgan fingerprint density at radius 3 is 2.37 bits per heavy atom. The molecule has 0 amide bonds. The summed E-state index contributed by atoms with van der Waals surface area (Å²) in [6.45, 7) is 0.292. The molecule has 2 aliphatic heterocycles. The Morgan fingerprint density at radius 2 is 1.66 bits per heavy atom. The van der Waals surface area contributed by atoms with Crippen LogP contribution in [0.2, 0.25) is 10.0 Å². The molecular formula is C28H26Cl2O8. The third-order valence-corrected chi connectivity index (χ3v) is 6.96. The topological polar surface area (TPSA) is 92.7 Å². The number of hydrogen-bond acceptors (Lipinski definition) is 8. The van der Waals surface area contributed by atoms with Crippen LogP contribution in [0, 0.1) is 0 Å². The minimum Gasteiger partial charge on any atom is -0.494 e. The fourth-order valence-electron chi connectivity index (χ4n) is 4.46. The normalized spacial score (nSPS) is 26.8. The summed E-state index contributed by atoms with van der Waals surface area (Å²) in [4.78, 5) is 13.3. The van der Waals surface area contributed by atoms with Crippen molar-refractivity contribution in [3.05, 3.63) is 99.5 Å². The van der Waals surface area contributed by atoms with Gasteiger partial charge in [0.05, 0.1) is 30.4 Å². The Balaban J connectivity index is 1.40. The van der Waals surface area contributed by atoms with Gasteiger partial charge in [0.1, 0.15) is 23.9 Å². The van der Waals surface area contributed by atoms with Crippen molar-refractivity contribution in [2.45, 2.75) is 43.6 Å². The van der Waals surface area contributed by atoms with Gasteiger partial charge in [0.2, 0.25) is 0 Å². The van der Waals surface area contributed by atoms with Crippen molar-refractivity contribution in [1.29, 1.82) is 0 Å². The zero-order chi connectivity index (χ0) is 26.6. The zero-order valence-electron chi connectivity index (χ0n) is 20.4. The van der Waals surface area contributed by atoms with E-state index >= 15 is 0 Å². The molecule has 0 aromatic heterocycles. The van der Waals surface area contributed by atoms with E-state index in [-0.39, 0.29) is 34.6 Å². The summed E-state index contributed by atoms with van der Waals surface area (Å²) < 4.78 is 35.2. The highest BCUT2D eigenvalue weighted by atomic mass is 35.5. The molecule has 2 aliphatic rings. The molecule has 8 nitrogen and oxygen atoms in total. The summed E-state index contributed by atoms with van der Waals surface area (Å²) in [7, 11) is 1.36. The first-order valence-corrected chi connectivity index (χ1v) is 12.8. The summed E-state index contributed by atoms with van der Waals surface area (Å²) >= 11 is 12.5. The van der Waals surface area contributed by atoms with E-state index in [9.17, 15) is 9.90 Å². The van der Waals surface area contributed by atoms with Gasteiger partial charge in [0.25, 0.3) is 0 Å². The Labute approximate surface area is 229 Å². The number of methoxy groups -OCH3 is 1. The molecule has 6 atom stereocenters. The summed E-state index contributed by atoms with van der Waals surface area (Å²) in [5.74, 6) is -0.804. The van der Waals surface area contributed by atoms with Crippen LogP contribution in [0.1, 0.15) is 27.8 Å². The number of benzene rings is 3. The number of carbonyl (C=O) groups excluding carboxylic acids is 1. The monoisotopic (exact) mass is 560 g/mol. The van der Waals surface area contributed by atoms with Crippen molar-refractivity contribution in [3.8, 4) is 5.75 Å². The van der Waals surface area contributed by atoms with E-state index in [1.165, 1.54) is 19.2 Å². The Kier molecular flexibility index (Phi) is 8.50. The van der Waals surface area contributed by atoms with Crippen LogP contribution in [0.3, 0.4) is 0 Å². The quantitative estimate of drug-likeness (QED) is 0.406. The van der Waals surface area contributed by atoms with Gasteiger partial charge >= 0.3 is 5.97 Å². The SMILES string of the molecule is COc1c(Cl)ccc(Cl)c1C(=O)O[C@H]1[C@@H](OCc2ccccc2)O[C@@H]2COC(c3ccccc3)O[C@H]2[C@@H]1O. The molecular weight excluding hydrogens is 535 g/mol. The molecule has 0 spiro atoms. The van der Waals surface area contributed by atoms with E-state index in [0.717, 1.165) is 11.1 Å². The summed E-state index contributed by atoms with van der Waals surface area (Å²) in [5.41, 5.74) is 1.58. The standard InChI is InChI=1S/C28H26Cl2O8/c1-33-23-19(30)13-12-18(29)21(23)26(32)37-25-22(31)24-20(15-35-27(38-24)17-10-6-3-7-11-17)36-28(25)34-14-16-8-4-2-5-9-16/h2-13,20,22,24-25,27-28,31H,14-15H2,1H3/t20-,22+,24-,25-,27?,28+/m1/s1. The fraction of sp³-hybridized carbons (Fsp3) is 0.321. The van der Waals surface area contributed by atoms with Crippen molar-refractivity contribution < 1.29 is 38.3 Å². The van der Waals surface area contributed by atoms with Gasteiger partial charge in [-0.2, -0.15) is 0 Å². The van der Waals surface area contributed by atoms with Crippen molar-refractivity contribution in [2.75, 3.05) is 13.7 Å². The van der Waals surface area contributed by atoms with E-state index in [2.05, 4.69) is 0 Å². The lowest BCUT2D eigenvalue weighted by atomic mass is 9.97. The number of ether oxygens (including phenoxy) is 6. The average molecular weight is 561 g/mol. The van der Waals surface area contributed by atoms with Crippen molar-refractivity contribution >= 4 is 29.2 Å². The van der Waals surface area contributed by atoms with Crippen LogP contribution < -0.4 is 4.74 Å². The Morgan fingerprint density at radius 1 is 0.974 bits per heavy atom. The van der Waals surface area contributed by atoms with Gasteiger partial charge in [-0.05, 0) is 17.7 Å². The molecule has 3 aromatic carbocycles. The smallest absolute Gasteiger partial charge is 0.344 e. The highest BCUT2D eigenvalue weighted by molar-refractivity contribution is 6.37. The van der Waals surface area contributed by atoms with Crippen molar-refractivity contribution in [3.63, 3.8) is 0 Å². The molecule has 0 aliphatic carbocycles. The van der Waals surface area contributed by atoms with Gasteiger partial charge in [0.15, 0.2) is 24.4 Å². The molecule has 1 unspecified atom stereocenters. The van der Waals surface area contributed by atoms with Gasteiger partial charge < -0.3 is 33.5 Å². The predicted octanol–water partition coefficient (Wildman–Crippen LogP) is 4.94. The number of hydrogen-bond donors (Lipinski definition) is 1.